The van der Waals surface area contributed by atoms with E-state index in [0.717, 1.165) is 46.6 Å². The van der Waals surface area contributed by atoms with Crippen molar-refractivity contribution in [3.63, 3.8) is 0 Å². The summed E-state index contributed by atoms with van der Waals surface area (Å²) in [5, 5.41) is 5.00. The van der Waals surface area contributed by atoms with E-state index in [1.54, 1.807) is 11.3 Å². The molecular formula is C14H19ClN2OS. The molecule has 0 aliphatic carbocycles. The van der Waals surface area contributed by atoms with E-state index in [-0.39, 0.29) is 0 Å². The first-order valence-electron chi connectivity index (χ1n) is 6.53. The maximum absolute atomic E-state index is 5.94. The zero-order valence-corrected chi connectivity index (χ0v) is 12.9. The van der Waals surface area contributed by atoms with Gasteiger partial charge in [0, 0.05) is 24.8 Å². The van der Waals surface area contributed by atoms with Crippen molar-refractivity contribution in [1.29, 1.82) is 0 Å². The second-order valence-electron chi connectivity index (χ2n) is 4.88. The van der Waals surface area contributed by atoms with E-state index in [1.807, 2.05) is 18.2 Å². The van der Waals surface area contributed by atoms with Crippen molar-refractivity contribution < 1.29 is 4.74 Å². The van der Waals surface area contributed by atoms with Gasteiger partial charge in [-0.15, -0.1) is 0 Å². The molecule has 0 fully saturated rings. The summed E-state index contributed by atoms with van der Waals surface area (Å²) in [5.74, 6) is 0.599. The number of nitrogens with one attached hydrogen (secondary N) is 1. The van der Waals surface area contributed by atoms with Crippen LogP contribution < -0.4 is 5.32 Å². The molecular weight excluding hydrogens is 280 g/mol. The molecule has 2 rings (SSSR count). The van der Waals surface area contributed by atoms with Gasteiger partial charge in [0.2, 0.25) is 0 Å². The number of benzene rings is 1. The van der Waals surface area contributed by atoms with Crippen LogP contribution in [0.1, 0.15) is 20.3 Å². The number of fused-ring (bicyclic) bond motifs is 1. The van der Waals surface area contributed by atoms with E-state index < -0.39 is 0 Å². The minimum atomic E-state index is 0.599. The Morgan fingerprint density at radius 3 is 3.05 bits per heavy atom. The Morgan fingerprint density at radius 1 is 1.42 bits per heavy atom. The Balaban J connectivity index is 1.75. The monoisotopic (exact) mass is 298 g/mol. The van der Waals surface area contributed by atoms with Gasteiger partial charge < -0.3 is 10.1 Å². The lowest BCUT2D eigenvalue weighted by molar-refractivity contribution is 0.110. The van der Waals surface area contributed by atoms with Gasteiger partial charge in [0.05, 0.1) is 10.2 Å². The highest BCUT2D eigenvalue weighted by Crippen LogP contribution is 2.27. The summed E-state index contributed by atoms with van der Waals surface area (Å²) in [7, 11) is 0. The van der Waals surface area contributed by atoms with E-state index in [0.29, 0.717) is 5.92 Å². The number of halogens is 1. The maximum Gasteiger partial charge on any atom is 0.183 e. The topological polar surface area (TPSA) is 34.1 Å². The summed E-state index contributed by atoms with van der Waals surface area (Å²) < 4.78 is 6.69. The molecule has 1 aromatic heterocycles. The molecule has 0 atom stereocenters. The van der Waals surface area contributed by atoms with Gasteiger partial charge in [-0.25, -0.2) is 4.98 Å². The van der Waals surface area contributed by atoms with E-state index in [4.69, 9.17) is 16.3 Å². The third kappa shape index (κ3) is 4.64. The standard InChI is InChI=1S/C14H19ClN2OS/c1-10(2)9-18-7-3-6-16-14-17-12-8-11(15)4-5-13(12)19-14/h4-5,8,10H,3,6-7,9H2,1-2H3,(H,16,17). The first-order valence-corrected chi connectivity index (χ1v) is 7.72. The van der Waals surface area contributed by atoms with Crippen LogP contribution in [0.4, 0.5) is 5.13 Å². The quantitative estimate of drug-likeness (QED) is 0.768. The lowest BCUT2D eigenvalue weighted by atomic mass is 10.2. The summed E-state index contributed by atoms with van der Waals surface area (Å²) in [4.78, 5) is 4.50. The lowest BCUT2D eigenvalue weighted by Gasteiger charge is -2.06. The van der Waals surface area contributed by atoms with Crippen molar-refractivity contribution in [1.82, 2.24) is 4.98 Å². The van der Waals surface area contributed by atoms with Gasteiger partial charge in [-0.05, 0) is 30.5 Å². The second-order valence-corrected chi connectivity index (χ2v) is 6.35. The third-order valence-electron chi connectivity index (χ3n) is 2.54. The first-order chi connectivity index (χ1) is 9.15. The molecule has 0 radical (unpaired) electrons. The molecule has 1 N–H and O–H groups in total. The minimum absolute atomic E-state index is 0.599. The van der Waals surface area contributed by atoms with E-state index in [2.05, 4.69) is 24.1 Å². The highest BCUT2D eigenvalue weighted by atomic mass is 35.5. The molecule has 1 aromatic carbocycles. The van der Waals surface area contributed by atoms with Gasteiger partial charge in [-0.1, -0.05) is 36.8 Å². The van der Waals surface area contributed by atoms with Crippen LogP contribution in [-0.2, 0) is 4.74 Å². The molecule has 104 valence electrons. The fraction of sp³-hybridized carbons (Fsp3) is 0.500. The molecule has 1 heterocycles. The molecule has 0 saturated carbocycles. The van der Waals surface area contributed by atoms with Crippen LogP contribution in [-0.4, -0.2) is 24.7 Å². The Bertz CT molecular complexity index is 527. The number of hydrogen-bond acceptors (Lipinski definition) is 4. The van der Waals surface area contributed by atoms with Crippen LogP contribution in [0.2, 0.25) is 5.02 Å². The third-order valence-corrected chi connectivity index (χ3v) is 3.77. The molecule has 0 aliphatic rings. The number of anilines is 1. The van der Waals surface area contributed by atoms with Gasteiger partial charge in [0.25, 0.3) is 0 Å². The Morgan fingerprint density at radius 2 is 2.26 bits per heavy atom. The zero-order valence-electron chi connectivity index (χ0n) is 11.3. The van der Waals surface area contributed by atoms with Crippen LogP contribution in [0.3, 0.4) is 0 Å². The van der Waals surface area contributed by atoms with Gasteiger partial charge in [0.1, 0.15) is 0 Å². The van der Waals surface area contributed by atoms with Gasteiger partial charge in [-0.3, -0.25) is 0 Å². The summed E-state index contributed by atoms with van der Waals surface area (Å²) in [6.45, 7) is 6.82. The predicted octanol–water partition coefficient (Wildman–Crippen LogP) is 4.42. The Kier molecular flexibility index (Phi) is 5.43. The fourth-order valence-corrected chi connectivity index (χ4v) is 2.70. The summed E-state index contributed by atoms with van der Waals surface area (Å²) in [6, 6.07) is 5.79. The average Bonchev–Trinajstić information content (AvgIpc) is 2.75. The second kappa shape index (κ2) is 7.08. The molecule has 5 heteroatoms. The molecule has 3 nitrogen and oxygen atoms in total. The van der Waals surface area contributed by atoms with E-state index in [1.165, 1.54) is 0 Å². The Hall–Kier alpha value is -0.840. The molecule has 0 spiro atoms. The van der Waals surface area contributed by atoms with Crippen molar-refractivity contribution in [3.8, 4) is 0 Å². The summed E-state index contributed by atoms with van der Waals surface area (Å²) in [6.07, 6.45) is 0.989. The molecule has 19 heavy (non-hydrogen) atoms. The number of hydrogen-bond donors (Lipinski definition) is 1. The minimum Gasteiger partial charge on any atom is -0.381 e. The number of aromatic nitrogens is 1. The average molecular weight is 299 g/mol. The van der Waals surface area contributed by atoms with Crippen LogP contribution in [0.15, 0.2) is 18.2 Å². The molecule has 2 aromatic rings. The maximum atomic E-state index is 5.94. The molecule has 0 amide bonds. The molecule has 0 bridgehead atoms. The highest BCUT2D eigenvalue weighted by molar-refractivity contribution is 7.22. The zero-order chi connectivity index (χ0) is 13.7. The largest absolute Gasteiger partial charge is 0.381 e. The smallest absolute Gasteiger partial charge is 0.183 e. The lowest BCUT2D eigenvalue weighted by Crippen LogP contribution is -2.08. The first kappa shape index (κ1) is 14.6. The Labute approximate surface area is 122 Å². The van der Waals surface area contributed by atoms with Crippen molar-refractivity contribution >= 4 is 38.3 Å². The van der Waals surface area contributed by atoms with Crippen LogP contribution >= 0.6 is 22.9 Å². The van der Waals surface area contributed by atoms with E-state index in [9.17, 15) is 0 Å². The van der Waals surface area contributed by atoms with Crippen LogP contribution in [0.5, 0.6) is 0 Å². The van der Waals surface area contributed by atoms with E-state index >= 15 is 0 Å². The summed E-state index contributed by atoms with van der Waals surface area (Å²) in [5.41, 5.74) is 0.955. The van der Waals surface area contributed by atoms with Crippen molar-refractivity contribution in [2.24, 2.45) is 5.92 Å². The van der Waals surface area contributed by atoms with Crippen molar-refractivity contribution in [2.75, 3.05) is 25.1 Å². The summed E-state index contributed by atoms with van der Waals surface area (Å²) >= 11 is 7.60. The SMILES string of the molecule is CC(C)COCCCNc1nc2cc(Cl)ccc2s1. The van der Waals surface area contributed by atoms with Crippen LogP contribution in [0.25, 0.3) is 10.2 Å². The fourth-order valence-electron chi connectivity index (χ4n) is 1.66. The number of ether oxygens (including phenoxy) is 1. The number of nitrogens with zero attached hydrogens (tertiary/aromatic N) is 1. The van der Waals surface area contributed by atoms with Gasteiger partial charge >= 0.3 is 0 Å². The van der Waals surface area contributed by atoms with Gasteiger partial charge in [-0.2, -0.15) is 0 Å². The number of thiazole rings is 1. The van der Waals surface area contributed by atoms with Crippen molar-refractivity contribution in [3.05, 3.63) is 23.2 Å². The molecule has 0 aliphatic heterocycles. The highest BCUT2D eigenvalue weighted by Gasteiger charge is 2.03. The normalized spacial score (nSPS) is 11.4. The molecule has 0 unspecified atom stereocenters. The molecule has 0 saturated heterocycles. The van der Waals surface area contributed by atoms with Gasteiger partial charge in [0.15, 0.2) is 5.13 Å². The predicted molar refractivity (Wildman–Crippen MR) is 83.4 cm³/mol. The number of rotatable bonds is 7. The van der Waals surface area contributed by atoms with Crippen LogP contribution in [0, 0.1) is 5.92 Å². The van der Waals surface area contributed by atoms with Crippen molar-refractivity contribution in [2.45, 2.75) is 20.3 Å².